The van der Waals surface area contributed by atoms with Crippen molar-refractivity contribution in [3.05, 3.63) is 35.9 Å². The van der Waals surface area contributed by atoms with Crippen LogP contribution in [0.1, 0.15) is 18.4 Å². The molecule has 1 aromatic carbocycles. The molecule has 0 aliphatic heterocycles. The predicted octanol–water partition coefficient (Wildman–Crippen LogP) is 0.537. The Morgan fingerprint density at radius 3 is 2.50 bits per heavy atom. The first-order valence-corrected chi connectivity index (χ1v) is 5.88. The molecular weight excluding hydrogens is 232 g/mol. The second-order valence-corrected chi connectivity index (χ2v) is 4.10. The van der Waals surface area contributed by atoms with Crippen LogP contribution in [0.4, 0.5) is 0 Å². The van der Waals surface area contributed by atoms with Gasteiger partial charge >= 0.3 is 5.97 Å². The van der Waals surface area contributed by atoms with Crippen molar-refractivity contribution in [1.82, 2.24) is 5.32 Å². The molecule has 5 heteroatoms. The van der Waals surface area contributed by atoms with Gasteiger partial charge in [-0.25, -0.2) is 0 Å². The van der Waals surface area contributed by atoms with Gasteiger partial charge in [-0.3, -0.25) is 9.59 Å². The van der Waals surface area contributed by atoms with Gasteiger partial charge in [-0.05, 0) is 24.9 Å². The van der Waals surface area contributed by atoms with Gasteiger partial charge in [0, 0.05) is 6.42 Å². The van der Waals surface area contributed by atoms with Crippen LogP contribution in [0.15, 0.2) is 30.3 Å². The molecule has 1 aromatic rings. The van der Waals surface area contributed by atoms with Crippen LogP contribution in [0.25, 0.3) is 0 Å². The first kappa shape index (κ1) is 14.2. The van der Waals surface area contributed by atoms with Gasteiger partial charge in [-0.1, -0.05) is 30.3 Å². The fourth-order valence-electron chi connectivity index (χ4n) is 1.64. The Bertz CT molecular complexity index is 392. The van der Waals surface area contributed by atoms with Crippen LogP contribution in [0.2, 0.25) is 0 Å². The van der Waals surface area contributed by atoms with E-state index in [0.717, 1.165) is 5.56 Å². The Kier molecular flexibility index (Phi) is 5.87. The molecule has 0 heterocycles. The fourth-order valence-corrected chi connectivity index (χ4v) is 1.64. The van der Waals surface area contributed by atoms with Gasteiger partial charge in [0.1, 0.15) is 6.04 Å². The van der Waals surface area contributed by atoms with Gasteiger partial charge < -0.3 is 16.2 Å². The summed E-state index contributed by atoms with van der Waals surface area (Å²) in [7, 11) is 0. The maximum Gasteiger partial charge on any atom is 0.321 e. The number of nitrogens with two attached hydrogens (primary N) is 1. The van der Waals surface area contributed by atoms with Crippen molar-refractivity contribution in [1.29, 1.82) is 0 Å². The highest BCUT2D eigenvalue weighted by Gasteiger charge is 2.16. The lowest BCUT2D eigenvalue weighted by atomic mass is 10.1. The van der Waals surface area contributed by atoms with E-state index < -0.39 is 12.0 Å². The van der Waals surface area contributed by atoms with E-state index in [2.05, 4.69) is 5.32 Å². The van der Waals surface area contributed by atoms with Gasteiger partial charge in [0.2, 0.25) is 5.91 Å². The van der Waals surface area contributed by atoms with E-state index in [1.54, 1.807) is 0 Å². The molecule has 0 saturated heterocycles. The number of carbonyl (C=O) groups is 2. The number of primary amides is 1. The van der Waals surface area contributed by atoms with Gasteiger partial charge in [-0.15, -0.1) is 0 Å². The Hall–Kier alpha value is -1.88. The average Bonchev–Trinajstić information content (AvgIpc) is 2.33. The van der Waals surface area contributed by atoms with Crippen LogP contribution in [0, 0.1) is 0 Å². The number of amides is 1. The molecule has 0 aliphatic carbocycles. The van der Waals surface area contributed by atoms with Crippen LogP contribution >= 0.6 is 0 Å². The van der Waals surface area contributed by atoms with E-state index in [-0.39, 0.29) is 12.3 Å². The van der Waals surface area contributed by atoms with Gasteiger partial charge in [0.15, 0.2) is 0 Å². The summed E-state index contributed by atoms with van der Waals surface area (Å²) in [4.78, 5) is 21.6. The quantitative estimate of drug-likeness (QED) is 0.587. The summed E-state index contributed by atoms with van der Waals surface area (Å²) in [6, 6.07) is 8.78. The van der Waals surface area contributed by atoms with E-state index in [1.807, 2.05) is 30.3 Å². The van der Waals surface area contributed by atoms with Gasteiger partial charge in [-0.2, -0.15) is 0 Å². The van der Waals surface area contributed by atoms with E-state index in [9.17, 15) is 9.59 Å². The highest BCUT2D eigenvalue weighted by atomic mass is 16.4. The number of hydrogen-bond acceptors (Lipinski definition) is 3. The Morgan fingerprint density at radius 2 is 1.94 bits per heavy atom. The lowest BCUT2D eigenvalue weighted by molar-refractivity contribution is -0.139. The van der Waals surface area contributed by atoms with Crippen LogP contribution in [0.5, 0.6) is 0 Å². The number of aliphatic carboxylic acids is 1. The van der Waals surface area contributed by atoms with E-state index in [4.69, 9.17) is 10.8 Å². The number of carboxylic acid groups (broad SMARTS) is 1. The predicted molar refractivity (Wildman–Crippen MR) is 68.0 cm³/mol. The topological polar surface area (TPSA) is 92.4 Å². The summed E-state index contributed by atoms with van der Waals surface area (Å²) < 4.78 is 0. The van der Waals surface area contributed by atoms with Crippen molar-refractivity contribution < 1.29 is 14.7 Å². The summed E-state index contributed by atoms with van der Waals surface area (Å²) >= 11 is 0. The molecule has 0 aromatic heterocycles. The highest BCUT2D eigenvalue weighted by Crippen LogP contribution is 2.03. The van der Waals surface area contributed by atoms with Gasteiger partial charge in [0.25, 0.3) is 0 Å². The molecule has 0 spiro atoms. The number of hydrogen-bond donors (Lipinski definition) is 3. The highest BCUT2D eigenvalue weighted by molar-refractivity contribution is 5.74. The van der Waals surface area contributed by atoms with Crippen LogP contribution in [-0.2, 0) is 16.0 Å². The van der Waals surface area contributed by atoms with Crippen molar-refractivity contribution in [2.45, 2.75) is 25.3 Å². The molecule has 0 saturated carbocycles. The summed E-state index contributed by atoms with van der Waals surface area (Å²) in [6.07, 6.45) is 1.24. The third-order valence-corrected chi connectivity index (χ3v) is 2.57. The molecule has 0 unspecified atom stereocenters. The lowest BCUT2D eigenvalue weighted by Gasteiger charge is -2.14. The van der Waals surface area contributed by atoms with Gasteiger partial charge in [0.05, 0.1) is 0 Å². The molecule has 18 heavy (non-hydrogen) atoms. The fraction of sp³-hybridized carbons (Fsp3) is 0.385. The summed E-state index contributed by atoms with van der Waals surface area (Å²) in [5.74, 6) is -1.26. The summed E-state index contributed by atoms with van der Waals surface area (Å²) in [5, 5.41) is 12.0. The Balaban J connectivity index is 2.41. The zero-order valence-corrected chi connectivity index (χ0v) is 10.1. The normalized spacial score (nSPS) is 12.0. The third kappa shape index (κ3) is 5.45. The minimum atomic E-state index is -0.891. The maximum atomic E-state index is 11.1. The number of carboxylic acids is 1. The number of carbonyl (C=O) groups excluding carboxylic acids is 1. The molecule has 1 amide bonds. The molecule has 98 valence electrons. The van der Waals surface area contributed by atoms with Crippen molar-refractivity contribution in [3.8, 4) is 0 Å². The molecule has 0 fully saturated rings. The molecule has 1 atom stereocenters. The van der Waals surface area contributed by atoms with E-state index >= 15 is 0 Å². The zero-order valence-electron chi connectivity index (χ0n) is 10.1. The zero-order chi connectivity index (χ0) is 13.4. The number of benzene rings is 1. The van der Waals surface area contributed by atoms with Crippen LogP contribution in [-0.4, -0.2) is 29.6 Å². The van der Waals surface area contributed by atoms with Crippen molar-refractivity contribution >= 4 is 11.9 Å². The van der Waals surface area contributed by atoms with E-state index in [0.29, 0.717) is 19.4 Å². The maximum absolute atomic E-state index is 11.1. The molecule has 5 nitrogen and oxygen atoms in total. The Labute approximate surface area is 106 Å². The molecule has 0 bridgehead atoms. The first-order valence-electron chi connectivity index (χ1n) is 5.88. The minimum Gasteiger partial charge on any atom is -0.480 e. The largest absolute Gasteiger partial charge is 0.480 e. The molecular formula is C13H18N2O3. The number of nitrogens with one attached hydrogen (secondary N) is 1. The average molecular weight is 250 g/mol. The monoisotopic (exact) mass is 250 g/mol. The summed E-state index contributed by atoms with van der Waals surface area (Å²) in [6.45, 7) is 0.465. The van der Waals surface area contributed by atoms with Crippen molar-refractivity contribution in [2.24, 2.45) is 5.73 Å². The number of rotatable bonds is 8. The molecule has 1 rings (SSSR count). The van der Waals surface area contributed by atoms with E-state index in [1.165, 1.54) is 0 Å². The first-order chi connectivity index (χ1) is 8.59. The molecule has 0 radical (unpaired) electrons. The second-order valence-electron chi connectivity index (χ2n) is 4.10. The Morgan fingerprint density at radius 1 is 1.28 bits per heavy atom. The SMILES string of the molecule is NC(=O)CCCN[C@@H](Cc1ccccc1)C(=O)O. The summed E-state index contributed by atoms with van der Waals surface area (Å²) in [5.41, 5.74) is 5.97. The van der Waals surface area contributed by atoms with Crippen molar-refractivity contribution in [3.63, 3.8) is 0 Å². The van der Waals surface area contributed by atoms with Crippen molar-refractivity contribution in [2.75, 3.05) is 6.54 Å². The van der Waals surface area contributed by atoms with Crippen LogP contribution < -0.4 is 11.1 Å². The minimum absolute atomic E-state index is 0.269. The molecule has 0 aliphatic rings. The second kappa shape index (κ2) is 7.45. The van der Waals surface area contributed by atoms with Crippen LogP contribution in [0.3, 0.4) is 0 Å². The standard InChI is InChI=1S/C13H18N2O3/c14-12(16)7-4-8-15-11(13(17)18)9-10-5-2-1-3-6-10/h1-3,5-6,11,15H,4,7-9H2,(H2,14,16)(H,17,18)/t11-/m0/s1. The lowest BCUT2D eigenvalue weighted by Crippen LogP contribution is -2.39. The third-order valence-electron chi connectivity index (χ3n) is 2.57. The smallest absolute Gasteiger partial charge is 0.321 e. The molecule has 4 N–H and O–H groups in total.